The highest BCUT2D eigenvalue weighted by molar-refractivity contribution is 5.91. The first kappa shape index (κ1) is 32.1. The number of para-hydroxylation sites is 1. The summed E-state index contributed by atoms with van der Waals surface area (Å²) in [5.41, 5.74) is 1.99. The number of anilines is 1. The lowest BCUT2D eigenvalue weighted by Crippen LogP contribution is -2.26. The summed E-state index contributed by atoms with van der Waals surface area (Å²) in [7, 11) is 0. The van der Waals surface area contributed by atoms with Crippen LogP contribution in [0.15, 0.2) is 60.7 Å². The van der Waals surface area contributed by atoms with Crippen LogP contribution in [0.2, 0.25) is 0 Å². The molecule has 170 valence electrons. The molecule has 0 spiro atoms. The topological polar surface area (TPSA) is 58.2 Å². The van der Waals surface area contributed by atoms with Gasteiger partial charge in [0.2, 0.25) is 11.8 Å². The standard InChI is InChI=1S/C11H15NO.C10H13NO.2C2H6.CH4/c1-9(2)11(13)12-8-10-6-4-3-5-7-10;1-8(2)10(12)11-9-6-4-3-5-7-9;2*1-2;/h3-7,9H,8H2,1-2H3,(H,12,13);3-8H,1-2H3,(H,11,12);2*1-2H3;1H4. The number of hydrogen-bond acceptors (Lipinski definition) is 2. The van der Waals surface area contributed by atoms with Crippen molar-refractivity contribution in [2.24, 2.45) is 11.8 Å². The van der Waals surface area contributed by atoms with Gasteiger partial charge in [0, 0.05) is 24.1 Å². The van der Waals surface area contributed by atoms with E-state index in [9.17, 15) is 9.59 Å². The molecule has 4 nitrogen and oxygen atoms in total. The Balaban J connectivity index is -0.000000406. The van der Waals surface area contributed by atoms with Crippen molar-refractivity contribution >= 4 is 17.5 Å². The van der Waals surface area contributed by atoms with E-state index in [4.69, 9.17) is 0 Å². The van der Waals surface area contributed by atoms with Crippen molar-refractivity contribution < 1.29 is 9.59 Å². The Morgan fingerprint density at radius 2 is 1.10 bits per heavy atom. The number of rotatable bonds is 5. The van der Waals surface area contributed by atoms with Crippen LogP contribution in [0, 0.1) is 11.8 Å². The SMILES string of the molecule is C.CC.CC.CC(C)C(=O)NCc1ccccc1.CC(C)C(=O)Nc1ccccc1. The largest absolute Gasteiger partial charge is 0.352 e. The van der Waals surface area contributed by atoms with Gasteiger partial charge >= 0.3 is 0 Å². The zero-order valence-corrected chi connectivity index (χ0v) is 19.5. The van der Waals surface area contributed by atoms with E-state index in [1.165, 1.54) is 0 Å². The lowest BCUT2D eigenvalue weighted by Gasteiger charge is -2.06. The second kappa shape index (κ2) is 21.1. The Hall–Kier alpha value is -2.62. The Labute approximate surface area is 185 Å². The molecular formula is C26H44N2O2. The van der Waals surface area contributed by atoms with Gasteiger partial charge < -0.3 is 10.6 Å². The van der Waals surface area contributed by atoms with Crippen LogP contribution in [0.25, 0.3) is 0 Å². The smallest absolute Gasteiger partial charge is 0.226 e. The minimum atomic E-state index is 0. The molecule has 2 rings (SSSR count). The van der Waals surface area contributed by atoms with Gasteiger partial charge in [0.25, 0.3) is 0 Å². The molecule has 0 aliphatic carbocycles. The monoisotopic (exact) mass is 416 g/mol. The number of amides is 2. The highest BCUT2D eigenvalue weighted by Gasteiger charge is 2.06. The zero-order valence-electron chi connectivity index (χ0n) is 19.5. The maximum Gasteiger partial charge on any atom is 0.226 e. The molecule has 0 aliphatic heterocycles. The first-order valence-corrected chi connectivity index (χ1v) is 10.6. The van der Waals surface area contributed by atoms with Gasteiger partial charge in [-0.2, -0.15) is 0 Å². The molecule has 0 radical (unpaired) electrons. The molecule has 2 N–H and O–H groups in total. The summed E-state index contributed by atoms with van der Waals surface area (Å²) >= 11 is 0. The van der Waals surface area contributed by atoms with Gasteiger partial charge in [0.1, 0.15) is 0 Å². The number of benzene rings is 2. The number of carbonyl (C=O) groups is 2. The van der Waals surface area contributed by atoms with Crippen LogP contribution >= 0.6 is 0 Å². The highest BCUT2D eigenvalue weighted by Crippen LogP contribution is 2.06. The predicted octanol–water partition coefficient (Wildman–Crippen LogP) is 6.93. The quantitative estimate of drug-likeness (QED) is 0.555. The second-order valence-corrected chi connectivity index (χ2v) is 6.37. The highest BCUT2D eigenvalue weighted by atomic mass is 16.2. The van der Waals surface area contributed by atoms with Crippen LogP contribution in [0.4, 0.5) is 5.69 Å². The molecular weight excluding hydrogens is 372 g/mol. The third-order valence-electron chi connectivity index (χ3n) is 3.40. The summed E-state index contributed by atoms with van der Waals surface area (Å²) in [5.74, 6) is 0.249. The van der Waals surface area contributed by atoms with Crippen molar-refractivity contribution in [2.45, 2.75) is 69.4 Å². The zero-order chi connectivity index (χ0) is 22.7. The van der Waals surface area contributed by atoms with Crippen LogP contribution in [-0.4, -0.2) is 11.8 Å². The third-order valence-corrected chi connectivity index (χ3v) is 3.40. The van der Waals surface area contributed by atoms with E-state index in [-0.39, 0.29) is 31.1 Å². The van der Waals surface area contributed by atoms with Crippen molar-refractivity contribution in [2.75, 3.05) is 5.32 Å². The third kappa shape index (κ3) is 16.3. The molecule has 2 aromatic carbocycles. The van der Waals surface area contributed by atoms with Crippen LogP contribution in [0.3, 0.4) is 0 Å². The van der Waals surface area contributed by atoms with Crippen molar-refractivity contribution in [3.05, 3.63) is 66.2 Å². The average molecular weight is 417 g/mol. The molecule has 30 heavy (non-hydrogen) atoms. The summed E-state index contributed by atoms with van der Waals surface area (Å²) in [6, 6.07) is 19.4. The van der Waals surface area contributed by atoms with Gasteiger partial charge in [0.05, 0.1) is 0 Å². The maximum atomic E-state index is 11.2. The molecule has 0 heterocycles. The summed E-state index contributed by atoms with van der Waals surface area (Å²) in [6.07, 6.45) is 0. The van der Waals surface area contributed by atoms with Crippen LogP contribution in [0.5, 0.6) is 0 Å². The molecule has 2 amide bonds. The van der Waals surface area contributed by atoms with E-state index < -0.39 is 0 Å². The lowest BCUT2D eigenvalue weighted by molar-refractivity contribution is -0.124. The van der Waals surface area contributed by atoms with E-state index in [0.29, 0.717) is 6.54 Å². The van der Waals surface area contributed by atoms with Gasteiger partial charge in [0.15, 0.2) is 0 Å². The molecule has 4 heteroatoms. The van der Waals surface area contributed by atoms with Crippen LogP contribution in [0.1, 0.15) is 68.4 Å². The van der Waals surface area contributed by atoms with E-state index in [2.05, 4.69) is 10.6 Å². The molecule has 0 unspecified atom stereocenters. The van der Waals surface area contributed by atoms with Crippen molar-refractivity contribution in [1.82, 2.24) is 5.32 Å². The van der Waals surface area contributed by atoms with E-state index in [1.807, 2.05) is 116 Å². The molecule has 0 aromatic heterocycles. The number of nitrogens with one attached hydrogen (secondary N) is 2. The Morgan fingerprint density at radius 3 is 1.50 bits per heavy atom. The normalized spacial score (nSPS) is 8.73. The Kier molecular flexibility index (Phi) is 22.5. The first-order chi connectivity index (χ1) is 13.9. The molecule has 0 atom stereocenters. The molecule has 0 saturated heterocycles. The predicted molar refractivity (Wildman–Crippen MR) is 132 cm³/mol. The van der Waals surface area contributed by atoms with Crippen molar-refractivity contribution in [3.63, 3.8) is 0 Å². The average Bonchev–Trinajstić information content (AvgIpc) is 2.76. The minimum Gasteiger partial charge on any atom is -0.352 e. The second-order valence-electron chi connectivity index (χ2n) is 6.37. The van der Waals surface area contributed by atoms with Crippen LogP contribution in [-0.2, 0) is 16.1 Å². The van der Waals surface area contributed by atoms with Crippen LogP contribution < -0.4 is 10.6 Å². The number of hydrogen-bond donors (Lipinski definition) is 2. The van der Waals surface area contributed by atoms with Gasteiger partial charge in [-0.3, -0.25) is 9.59 Å². The molecule has 0 fully saturated rings. The first-order valence-electron chi connectivity index (χ1n) is 10.6. The Bertz CT molecular complexity index is 639. The van der Waals surface area contributed by atoms with Gasteiger partial charge in [-0.05, 0) is 17.7 Å². The fraction of sp³-hybridized carbons (Fsp3) is 0.462. The lowest BCUT2D eigenvalue weighted by atomic mass is 10.2. The fourth-order valence-electron chi connectivity index (χ4n) is 1.80. The van der Waals surface area contributed by atoms with Gasteiger partial charge in [-0.1, -0.05) is 111 Å². The fourth-order valence-corrected chi connectivity index (χ4v) is 1.80. The summed E-state index contributed by atoms with van der Waals surface area (Å²) in [6.45, 7) is 16.1. The van der Waals surface area contributed by atoms with Crippen molar-refractivity contribution in [1.29, 1.82) is 0 Å². The summed E-state index contributed by atoms with van der Waals surface area (Å²) < 4.78 is 0. The Morgan fingerprint density at radius 1 is 0.700 bits per heavy atom. The van der Waals surface area contributed by atoms with E-state index >= 15 is 0 Å². The van der Waals surface area contributed by atoms with E-state index in [1.54, 1.807) is 0 Å². The molecule has 0 bridgehead atoms. The van der Waals surface area contributed by atoms with E-state index in [0.717, 1.165) is 11.3 Å². The minimum absolute atomic E-state index is 0. The van der Waals surface area contributed by atoms with Crippen molar-refractivity contribution in [3.8, 4) is 0 Å². The summed E-state index contributed by atoms with van der Waals surface area (Å²) in [4.78, 5) is 22.4. The summed E-state index contributed by atoms with van der Waals surface area (Å²) in [5, 5.41) is 5.66. The molecule has 0 saturated carbocycles. The maximum absolute atomic E-state index is 11.2. The number of carbonyl (C=O) groups excluding carboxylic acids is 2. The molecule has 0 aliphatic rings. The molecule has 2 aromatic rings. The van der Waals surface area contributed by atoms with Gasteiger partial charge in [-0.25, -0.2) is 0 Å². The van der Waals surface area contributed by atoms with Gasteiger partial charge in [-0.15, -0.1) is 0 Å².